The number of aryl methyl sites for hydroxylation is 1. The van der Waals surface area contributed by atoms with E-state index in [-0.39, 0.29) is 5.78 Å². The van der Waals surface area contributed by atoms with Crippen LogP contribution in [0.15, 0.2) is 24.3 Å². The molecule has 2 aromatic rings. The van der Waals surface area contributed by atoms with Crippen molar-refractivity contribution < 1.29 is 4.79 Å². The van der Waals surface area contributed by atoms with E-state index in [1.54, 1.807) is 6.92 Å². The van der Waals surface area contributed by atoms with Crippen LogP contribution in [0.1, 0.15) is 35.5 Å². The first kappa shape index (κ1) is 13.6. The molecule has 0 spiro atoms. The van der Waals surface area contributed by atoms with Crippen LogP contribution in [-0.2, 0) is 0 Å². The van der Waals surface area contributed by atoms with Gasteiger partial charge in [-0.1, -0.05) is 30.3 Å². The standard InChI is InChI=1S/C16H16ClNO/c1-9(13-5-7-14(17)8-6-13)15-10(2)18-11(3)16(15)12(4)19/h5-8,18H,2H2,1,3-4H3/b15-9+. The van der Waals surface area contributed by atoms with Gasteiger partial charge in [-0.25, -0.2) is 0 Å². The van der Waals surface area contributed by atoms with Gasteiger partial charge in [-0.05, 0) is 44.0 Å². The number of aromatic amines is 1. The summed E-state index contributed by atoms with van der Waals surface area (Å²) < 4.78 is 0. The Hall–Kier alpha value is -1.80. The number of hydrogen-bond donors (Lipinski definition) is 1. The van der Waals surface area contributed by atoms with Gasteiger partial charge in [0, 0.05) is 26.8 Å². The average Bonchev–Trinajstić information content (AvgIpc) is 2.64. The number of halogens is 1. The maximum Gasteiger partial charge on any atom is 0.162 e. The first-order valence-electron chi connectivity index (χ1n) is 6.07. The summed E-state index contributed by atoms with van der Waals surface area (Å²) in [6.45, 7) is 9.46. The number of Topliss-reactive ketones (excluding diaryl/α,β-unsaturated/α-hetero) is 1. The summed E-state index contributed by atoms with van der Waals surface area (Å²) in [5.41, 5.74) is 3.64. The molecule has 0 amide bonds. The molecule has 1 aromatic heterocycles. The lowest BCUT2D eigenvalue weighted by Crippen LogP contribution is -2.27. The minimum absolute atomic E-state index is 0.0481. The zero-order chi connectivity index (χ0) is 14.2. The second-order valence-corrected chi connectivity index (χ2v) is 5.10. The van der Waals surface area contributed by atoms with Crippen LogP contribution in [0.2, 0.25) is 5.02 Å². The molecule has 0 atom stereocenters. The lowest BCUT2D eigenvalue weighted by molar-refractivity contribution is 0.101. The van der Waals surface area contributed by atoms with Crippen molar-refractivity contribution in [2.45, 2.75) is 20.8 Å². The second-order valence-electron chi connectivity index (χ2n) is 4.67. The normalized spacial score (nSPS) is 12.4. The lowest BCUT2D eigenvalue weighted by atomic mass is 10.0. The van der Waals surface area contributed by atoms with Crippen LogP contribution < -0.4 is 10.6 Å². The second kappa shape index (κ2) is 5.06. The van der Waals surface area contributed by atoms with E-state index in [1.807, 2.05) is 38.1 Å². The van der Waals surface area contributed by atoms with Gasteiger partial charge in [0.15, 0.2) is 5.78 Å². The molecule has 0 aliphatic heterocycles. The molecule has 0 saturated carbocycles. The van der Waals surface area contributed by atoms with Crippen LogP contribution in [-0.4, -0.2) is 10.8 Å². The van der Waals surface area contributed by atoms with Crippen LogP contribution in [0.25, 0.3) is 12.2 Å². The third-order valence-corrected chi connectivity index (χ3v) is 3.52. The molecule has 0 bridgehead atoms. The first-order chi connectivity index (χ1) is 8.91. The van der Waals surface area contributed by atoms with Crippen molar-refractivity contribution in [3.05, 3.63) is 56.7 Å². The summed E-state index contributed by atoms with van der Waals surface area (Å²) >= 11 is 5.90. The SMILES string of the molecule is C=c1[nH]c(C)c(C(C)=O)/c1=C(\C)c1ccc(Cl)cc1. The van der Waals surface area contributed by atoms with Gasteiger partial charge in [0.2, 0.25) is 0 Å². The van der Waals surface area contributed by atoms with E-state index in [1.165, 1.54) is 0 Å². The third-order valence-electron chi connectivity index (χ3n) is 3.27. The monoisotopic (exact) mass is 273 g/mol. The minimum Gasteiger partial charge on any atom is -0.358 e. The highest BCUT2D eigenvalue weighted by Crippen LogP contribution is 2.15. The Labute approximate surface area is 117 Å². The summed E-state index contributed by atoms with van der Waals surface area (Å²) in [5, 5.41) is 2.37. The van der Waals surface area contributed by atoms with Crippen LogP contribution in [0.3, 0.4) is 0 Å². The molecular weight excluding hydrogens is 258 g/mol. The Morgan fingerprint density at radius 2 is 1.79 bits per heavy atom. The Morgan fingerprint density at radius 3 is 2.32 bits per heavy atom. The highest BCUT2D eigenvalue weighted by atomic mass is 35.5. The summed E-state index contributed by atoms with van der Waals surface area (Å²) in [7, 11) is 0. The van der Waals surface area contributed by atoms with Crippen molar-refractivity contribution >= 4 is 29.5 Å². The van der Waals surface area contributed by atoms with E-state index in [0.29, 0.717) is 5.02 Å². The van der Waals surface area contributed by atoms with E-state index < -0.39 is 0 Å². The molecule has 0 fully saturated rings. The van der Waals surface area contributed by atoms with Gasteiger partial charge in [-0.3, -0.25) is 4.79 Å². The fourth-order valence-electron chi connectivity index (χ4n) is 2.39. The number of nitrogens with one attached hydrogen (secondary N) is 1. The predicted octanol–water partition coefficient (Wildman–Crippen LogP) is 2.81. The molecule has 19 heavy (non-hydrogen) atoms. The number of benzene rings is 1. The predicted molar refractivity (Wildman–Crippen MR) is 79.9 cm³/mol. The summed E-state index contributed by atoms with van der Waals surface area (Å²) in [4.78, 5) is 14.9. The van der Waals surface area contributed by atoms with Crippen LogP contribution >= 0.6 is 11.6 Å². The summed E-state index contributed by atoms with van der Waals surface area (Å²) in [5.74, 6) is 0.0481. The smallest absolute Gasteiger partial charge is 0.162 e. The largest absolute Gasteiger partial charge is 0.358 e. The molecule has 2 nitrogen and oxygen atoms in total. The van der Waals surface area contributed by atoms with Crippen molar-refractivity contribution in [1.29, 1.82) is 0 Å². The summed E-state index contributed by atoms with van der Waals surface area (Å²) in [6.07, 6.45) is 0. The van der Waals surface area contributed by atoms with Crippen molar-refractivity contribution in [2.24, 2.45) is 0 Å². The quantitative estimate of drug-likeness (QED) is 0.839. The topological polar surface area (TPSA) is 32.9 Å². The van der Waals surface area contributed by atoms with Crippen molar-refractivity contribution in [3.63, 3.8) is 0 Å². The number of carbonyl (C=O) groups is 1. The lowest BCUT2D eigenvalue weighted by Gasteiger charge is -2.02. The van der Waals surface area contributed by atoms with E-state index in [9.17, 15) is 4.79 Å². The van der Waals surface area contributed by atoms with Crippen molar-refractivity contribution in [2.75, 3.05) is 0 Å². The fourth-order valence-corrected chi connectivity index (χ4v) is 2.51. The molecule has 0 saturated heterocycles. The first-order valence-corrected chi connectivity index (χ1v) is 6.45. The number of carbonyl (C=O) groups excluding carboxylic acids is 1. The number of H-pyrrole nitrogens is 1. The molecular formula is C16H16ClNO. The van der Waals surface area contributed by atoms with Gasteiger partial charge in [-0.15, -0.1) is 0 Å². The van der Waals surface area contributed by atoms with E-state index >= 15 is 0 Å². The number of hydrogen-bond acceptors (Lipinski definition) is 1. The number of aromatic nitrogens is 1. The van der Waals surface area contributed by atoms with E-state index in [0.717, 1.165) is 33.0 Å². The molecule has 0 radical (unpaired) electrons. The number of ketones is 1. The Balaban J connectivity index is 2.82. The highest BCUT2D eigenvalue weighted by Gasteiger charge is 2.11. The Bertz CT molecular complexity index is 738. The van der Waals surface area contributed by atoms with Crippen LogP contribution in [0, 0.1) is 6.92 Å². The van der Waals surface area contributed by atoms with E-state index in [4.69, 9.17) is 11.6 Å². The van der Waals surface area contributed by atoms with Crippen molar-refractivity contribution in [1.82, 2.24) is 4.98 Å². The van der Waals surface area contributed by atoms with Crippen molar-refractivity contribution in [3.8, 4) is 0 Å². The average molecular weight is 274 g/mol. The van der Waals surface area contributed by atoms with Crippen LogP contribution in [0.4, 0.5) is 0 Å². The fraction of sp³-hybridized carbons (Fsp3) is 0.188. The minimum atomic E-state index is 0.0481. The third kappa shape index (κ3) is 2.49. The van der Waals surface area contributed by atoms with Gasteiger partial charge < -0.3 is 4.98 Å². The van der Waals surface area contributed by atoms with Crippen LogP contribution in [0.5, 0.6) is 0 Å². The molecule has 3 heteroatoms. The van der Waals surface area contributed by atoms with Gasteiger partial charge in [0.05, 0.1) is 0 Å². The molecule has 0 aliphatic rings. The molecule has 1 aromatic carbocycles. The maximum absolute atomic E-state index is 11.8. The Morgan fingerprint density at radius 1 is 1.21 bits per heavy atom. The highest BCUT2D eigenvalue weighted by molar-refractivity contribution is 6.30. The van der Waals surface area contributed by atoms with Gasteiger partial charge in [-0.2, -0.15) is 0 Å². The molecule has 0 aliphatic carbocycles. The van der Waals surface area contributed by atoms with Gasteiger partial charge >= 0.3 is 0 Å². The van der Waals surface area contributed by atoms with Gasteiger partial charge in [0.25, 0.3) is 0 Å². The number of rotatable bonds is 2. The zero-order valence-corrected chi connectivity index (χ0v) is 12.1. The van der Waals surface area contributed by atoms with Gasteiger partial charge in [0.1, 0.15) is 0 Å². The van der Waals surface area contributed by atoms with E-state index in [2.05, 4.69) is 11.6 Å². The maximum atomic E-state index is 11.8. The molecule has 1 N–H and O–H groups in total. The molecule has 1 heterocycles. The molecule has 98 valence electrons. The summed E-state index contributed by atoms with van der Waals surface area (Å²) in [6, 6.07) is 7.58. The Kier molecular flexibility index (Phi) is 3.63. The molecule has 2 rings (SSSR count). The zero-order valence-electron chi connectivity index (χ0n) is 11.3. The molecule has 0 unspecified atom stereocenters.